The summed E-state index contributed by atoms with van der Waals surface area (Å²) in [7, 11) is -3.29. The molecule has 1 aromatic heterocycles. The molecule has 25 heavy (non-hydrogen) atoms. The highest BCUT2D eigenvalue weighted by atomic mass is 32.2. The molecule has 1 saturated heterocycles. The zero-order valence-corrected chi connectivity index (χ0v) is 15.7. The third-order valence-electron chi connectivity index (χ3n) is 4.83. The Balaban J connectivity index is 1.71. The van der Waals surface area contributed by atoms with Crippen LogP contribution in [-0.2, 0) is 22.3 Å². The summed E-state index contributed by atoms with van der Waals surface area (Å²) in [5, 5.41) is 0. The summed E-state index contributed by atoms with van der Waals surface area (Å²) in [5.41, 5.74) is 0.842. The molecule has 1 atom stereocenters. The van der Waals surface area contributed by atoms with Gasteiger partial charge in [0.05, 0.1) is 5.75 Å². The molecule has 0 N–H and O–H groups in total. The number of aryl methyl sites for hydroxylation is 1. The van der Waals surface area contributed by atoms with Gasteiger partial charge in [0, 0.05) is 37.9 Å². The number of hydrogen-bond acceptors (Lipinski definition) is 3. The molecule has 1 unspecified atom stereocenters. The van der Waals surface area contributed by atoms with Gasteiger partial charge in [0.25, 0.3) is 0 Å². The molecule has 0 aliphatic carbocycles. The van der Waals surface area contributed by atoms with E-state index in [0.29, 0.717) is 13.1 Å². The number of sulfonamides is 1. The van der Waals surface area contributed by atoms with E-state index in [2.05, 4.69) is 16.5 Å². The normalized spacial score (nSPS) is 19.2. The Labute approximate surface area is 150 Å². The van der Waals surface area contributed by atoms with Crippen molar-refractivity contribution < 1.29 is 8.42 Å². The number of hydrogen-bond donors (Lipinski definition) is 0. The Bertz CT molecular complexity index is 771. The monoisotopic (exact) mass is 361 g/mol. The summed E-state index contributed by atoms with van der Waals surface area (Å²) in [6.07, 6.45) is 8.00. The molecule has 2 aromatic rings. The second-order valence-electron chi connectivity index (χ2n) is 6.77. The predicted octanol–water partition coefficient (Wildman–Crippen LogP) is 3.39. The van der Waals surface area contributed by atoms with E-state index < -0.39 is 10.0 Å². The van der Waals surface area contributed by atoms with Crippen LogP contribution >= 0.6 is 0 Å². The first-order valence-electron chi connectivity index (χ1n) is 9.13. The maximum atomic E-state index is 12.8. The van der Waals surface area contributed by atoms with Gasteiger partial charge in [-0.2, -0.15) is 0 Å². The van der Waals surface area contributed by atoms with E-state index in [-0.39, 0.29) is 11.7 Å². The highest BCUT2D eigenvalue weighted by molar-refractivity contribution is 7.88. The summed E-state index contributed by atoms with van der Waals surface area (Å²) in [5.74, 6) is 1.30. The molecule has 0 bridgehead atoms. The molecular weight excluding hydrogens is 334 g/mol. The van der Waals surface area contributed by atoms with E-state index in [4.69, 9.17) is 0 Å². The zero-order chi connectivity index (χ0) is 17.7. The van der Waals surface area contributed by atoms with Crippen molar-refractivity contribution in [3.63, 3.8) is 0 Å². The molecule has 0 radical (unpaired) electrons. The molecular formula is C19H27N3O2S. The lowest BCUT2D eigenvalue weighted by Gasteiger charge is -2.32. The third-order valence-corrected chi connectivity index (χ3v) is 6.65. The fraction of sp³-hybridized carbons (Fsp3) is 0.526. The Morgan fingerprint density at radius 2 is 2.04 bits per heavy atom. The Morgan fingerprint density at radius 1 is 1.24 bits per heavy atom. The average Bonchev–Trinajstić information content (AvgIpc) is 3.09. The lowest BCUT2D eigenvalue weighted by atomic mass is 9.99. The average molecular weight is 362 g/mol. The molecule has 136 valence electrons. The summed E-state index contributed by atoms with van der Waals surface area (Å²) in [6.45, 7) is 4.29. The first-order chi connectivity index (χ1) is 12.1. The number of aromatic nitrogens is 2. The second kappa shape index (κ2) is 8.15. The molecule has 6 heteroatoms. The van der Waals surface area contributed by atoms with Crippen LogP contribution in [0.1, 0.15) is 49.9 Å². The van der Waals surface area contributed by atoms with E-state index >= 15 is 0 Å². The van der Waals surface area contributed by atoms with E-state index in [1.807, 2.05) is 42.7 Å². The summed E-state index contributed by atoms with van der Waals surface area (Å²) < 4.78 is 29.5. The molecule has 0 spiro atoms. The van der Waals surface area contributed by atoms with E-state index in [0.717, 1.165) is 43.6 Å². The van der Waals surface area contributed by atoms with Crippen LogP contribution in [0.25, 0.3) is 0 Å². The third kappa shape index (κ3) is 4.50. The Kier molecular flexibility index (Phi) is 5.91. The van der Waals surface area contributed by atoms with Crippen molar-refractivity contribution in [2.24, 2.45) is 0 Å². The van der Waals surface area contributed by atoms with Gasteiger partial charge in [-0.1, -0.05) is 43.7 Å². The van der Waals surface area contributed by atoms with Crippen molar-refractivity contribution in [2.75, 3.05) is 13.1 Å². The maximum absolute atomic E-state index is 12.8. The van der Waals surface area contributed by atoms with Crippen molar-refractivity contribution >= 4 is 10.0 Å². The molecule has 0 saturated carbocycles. The zero-order valence-electron chi connectivity index (χ0n) is 14.8. The number of piperidine rings is 1. The first kappa shape index (κ1) is 18.1. The van der Waals surface area contributed by atoms with Gasteiger partial charge in [-0.05, 0) is 24.8 Å². The van der Waals surface area contributed by atoms with E-state index in [1.165, 1.54) is 0 Å². The second-order valence-corrected chi connectivity index (χ2v) is 8.74. The highest BCUT2D eigenvalue weighted by Gasteiger charge is 2.31. The summed E-state index contributed by atoms with van der Waals surface area (Å²) >= 11 is 0. The minimum Gasteiger partial charge on any atom is -0.335 e. The van der Waals surface area contributed by atoms with Crippen LogP contribution in [0.5, 0.6) is 0 Å². The van der Waals surface area contributed by atoms with Gasteiger partial charge < -0.3 is 4.57 Å². The van der Waals surface area contributed by atoms with Crippen LogP contribution in [0, 0.1) is 0 Å². The molecule has 1 aliphatic rings. The SMILES string of the molecule is CCCCn1ccnc1C1CCCN(S(=O)(=O)Cc2ccccc2)C1. The van der Waals surface area contributed by atoms with Gasteiger partial charge in [0.1, 0.15) is 5.82 Å². The number of unbranched alkanes of at least 4 members (excludes halogenated alkanes) is 1. The Hall–Kier alpha value is -1.66. The van der Waals surface area contributed by atoms with E-state index in [1.54, 1.807) is 4.31 Å². The van der Waals surface area contributed by atoms with Crippen LogP contribution in [-0.4, -0.2) is 35.4 Å². The molecule has 1 fully saturated rings. The van der Waals surface area contributed by atoms with Gasteiger partial charge in [-0.25, -0.2) is 17.7 Å². The number of imidazole rings is 1. The lowest BCUT2D eigenvalue weighted by Crippen LogP contribution is -2.40. The topological polar surface area (TPSA) is 55.2 Å². The van der Waals surface area contributed by atoms with Crippen LogP contribution in [0.3, 0.4) is 0 Å². The quantitative estimate of drug-likeness (QED) is 0.759. The van der Waals surface area contributed by atoms with Crippen molar-refractivity contribution in [1.29, 1.82) is 0 Å². The molecule has 5 nitrogen and oxygen atoms in total. The van der Waals surface area contributed by atoms with Crippen molar-refractivity contribution in [3.8, 4) is 0 Å². The van der Waals surface area contributed by atoms with Gasteiger partial charge in [0.2, 0.25) is 10.0 Å². The Morgan fingerprint density at radius 3 is 2.80 bits per heavy atom. The molecule has 3 rings (SSSR count). The summed E-state index contributed by atoms with van der Waals surface area (Å²) in [4.78, 5) is 4.53. The minimum atomic E-state index is -3.29. The van der Waals surface area contributed by atoms with Gasteiger partial charge in [-0.15, -0.1) is 0 Å². The number of nitrogens with zero attached hydrogens (tertiary/aromatic N) is 3. The molecule has 0 amide bonds. The molecule has 1 aliphatic heterocycles. The van der Waals surface area contributed by atoms with Crippen LogP contribution < -0.4 is 0 Å². The number of rotatable bonds is 7. The van der Waals surface area contributed by atoms with Crippen molar-refractivity contribution in [3.05, 3.63) is 54.1 Å². The van der Waals surface area contributed by atoms with Gasteiger partial charge in [0.15, 0.2) is 0 Å². The summed E-state index contributed by atoms with van der Waals surface area (Å²) in [6, 6.07) is 9.42. The van der Waals surface area contributed by atoms with Crippen LogP contribution in [0.4, 0.5) is 0 Å². The maximum Gasteiger partial charge on any atom is 0.218 e. The molecule has 1 aromatic carbocycles. The van der Waals surface area contributed by atoms with E-state index in [9.17, 15) is 8.42 Å². The van der Waals surface area contributed by atoms with Gasteiger partial charge >= 0.3 is 0 Å². The standard InChI is InChI=1S/C19H27N3O2S/c1-2-3-12-21-14-11-20-19(21)18-10-7-13-22(15-18)25(23,24)16-17-8-5-4-6-9-17/h4-6,8-9,11,14,18H,2-3,7,10,12-13,15-16H2,1H3. The fourth-order valence-corrected chi connectivity index (χ4v) is 5.09. The largest absolute Gasteiger partial charge is 0.335 e. The molecule has 2 heterocycles. The van der Waals surface area contributed by atoms with Crippen LogP contribution in [0.2, 0.25) is 0 Å². The highest BCUT2D eigenvalue weighted by Crippen LogP contribution is 2.28. The van der Waals surface area contributed by atoms with Crippen LogP contribution in [0.15, 0.2) is 42.7 Å². The minimum absolute atomic E-state index is 0.0742. The van der Waals surface area contributed by atoms with Crippen molar-refractivity contribution in [2.45, 2.75) is 50.8 Å². The predicted molar refractivity (Wildman–Crippen MR) is 99.7 cm³/mol. The smallest absolute Gasteiger partial charge is 0.218 e. The fourth-order valence-electron chi connectivity index (χ4n) is 3.48. The lowest BCUT2D eigenvalue weighted by molar-refractivity contribution is 0.304. The van der Waals surface area contributed by atoms with Crippen molar-refractivity contribution in [1.82, 2.24) is 13.9 Å². The first-order valence-corrected chi connectivity index (χ1v) is 10.7. The van der Waals surface area contributed by atoms with Gasteiger partial charge in [-0.3, -0.25) is 0 Å². The number of benzene rings is 1.